The molecule has 18 heavy (non-hydrogen) atoms. The standard InChI is InChI=1S/C10H16F4N2O.ClH/c1-6(2)3-7(15)8(17)16-4-9(11,12)10(13,14)5-16;/h6-7H,3-5,15H2,1-2H3;1H/t7-;/m0./s1. The minimum atomic E-state index is -4.17. The van der Waals surface area contributed by atoms with Crippen molar-refractivity contribution in [2.75, 3.05) is 13.1 Å². The summed E-state index contributed by atoms with van der Waals surface area (Å²) in [5, 5.41) is 0. The number of alkyl halides is 4. The first-order valence-corrected chi connectivity index (χ1v) is 5.37. The van der Waals surface area contributed by atoms with Gasteiger partial charge in [-0.05, 0) is 12.3 Å². The van der Waals surface area contributed by atoms with Gasteiger partial charge in [-0.3, -0.25) is 4.79 Å². The molecular formula is C10H17ClF4N2O. The van der Waals surface area contributed by atoms with E-state index in [2.05, 4.69) is 0 Å². The molecule has 108 valence electrons. The number of amides is 1. The molecule has 1 aliphatic heterocycles. The first-order chi connectivity index (χ1) is 7.57. The fourth-order valence-electron chi connectivity index (χ4n) is 1.77. The van der Waals surface area contributed by atoms with Crippen molar-refractivity contribution in [3.8, 4) is 0 Å². The van der Waals surface area contributed by atoms with Gasteiger partial charge in [0.05, 0.1) is 19.1 Å². The summed E-state index contributed by atoms with van der Waals surface area (Å²) in [5.41, 5.74) is 5.49. The number of nitrogens with two attached hydrogens (primary N) is 1. The molecule has 0 spiro atoms. The molecule has 1 fully saturated rings. The maximum atomic E-state index is 12.9. The molecule has 0 bridgehead atoms. The van der Waals surface area contributed by atoms with E-state index in [0.717, 1.165) is 0 Å². The van der Waals surface area contributed by atoms with E-state index >= 15 is 0 Å². The topological polar surface area (TPSA) is 46.3 Å². The lowest BCUT2D eigenvalue weighted by Gasteiger charge is -2.20. The minimum Gasteiger partial charge on any atom is -0.329 e. The van der Waals surface area contributed by atoms with Gasteiger partial charge in [0.15, 0.2) is 0 Å². The van der Waals surface area contributed by atoms with Crippen LogP contribution in [0.25, 0.3) is 0 Å². The van der Waals surface area contributed by atoms with E-state index in [9.17, 15) is 22.4 Å². The summed E-state index contributed by atoms with van der Waals surface area (Å²) in [6.07, 6.45) is 0.284. The Hall–Kier alpha value is -0.560. The molecule has 0 aromatic heterocycles. The van der Waals surface area contributed by atoms with Gasteiger partial charge in [0, 0.05) is 0 Å². The SMILES string of the molecule is CC(C)C[C@H](N)C(=O)N1CC(F)(F)C(F)(F)C1.Cl. The first-order valence-electron chi connectivity index (χ1n) is 5.37. The average molecular weight is 293 g/mol. The molecule has 1 amide bonds. The van der Waals surface area contributed by atoms with Crippen molar-refractivity contribution in [2.45, 2.75) is 38.2 Å². The van der Waals surface area contributed by atoms with Crippen LogP contribution < -0.4 is 5.73 Å². The Bertz CT molecular complexity index is 296. The molecule has 0 aromatic rings. The van der Waals surface area contributed by atoms with E-state index in [0.29, 0.717) is 4.90 Å². The number of rotatable bonds is 3. The second-order valence-corrected chi connectivity index (χ2v) is 4.84. The summed E-state index contributed by atoms with van der Waals surface area (Å²) in [6.45, 7) is 1.09. The zero-order chi connectivity index (χ0) is 13.4. The number of halogens is 5. The summed E-state index contributed by atoms with van der Waals surface area (Å²) in [6, 6.07) is -1.00. The van der Waals surface area contributed by atoms with Crippen LogP contribution in [0.3, 0.4) is 0 Å². The quantitative estimate of drug-likeness (QED) is 0.808. The normalized spacial score (nSPS) is 22.8. The Morgan fingerprint density at radius 2 is 1.61 bits per heavy atom. The van der Waals surface area contributed by atoms with Gasteiger partial charge in [0.25, 0.3) is 0 Å². The number of nitrogens with zero attached hydrogens (tertiary/aromatic N) is 1. The van der Waals surface area contributed by atoms with Gasteiger partial charge >= 0.3 is 11.8 Å². The second kappa shape index (κ2) is 5.61. The van der Waals surface area contributed by atoms with Crippen molar-refractivity contribution in [1.29, 1.82) is 0 Å². The fraction of sp³-hybridized carbons (Fsp3) is 0.900. The van der Waals surface area contributed by atoms with E-state index in [-0.39, 0.29) is 24.7 Å². The summed E-state index contributed by atoms with van der Waals surface area (Å²) in [5.74, 6) is -9.08. The highest BCUT2D eigenvalue weighted by molar-refractivity contribution is 5.85. The molecule has 8 heteroatoms. The predicted octanol–water partition coefficient (Wildman–Crippen LogP) is 1.89. The van der Waals surface area contributed by atoms with Crippen LogP contribution >= 0.6 is 12.4 Å². The van der Waals surface area contributed by atoms with E-state index in [1.54, 1.807) is 13.8 Å². The number of carbonyl (C=O) groups excluding carboxylic acids is 1. The maximum absolute atomic E-state index is 12.9. The lowest BCUT2D eigenvalue weighted by Crippen LogP contribution is -2.44. The lowest BCUT2D eigenvalue weighted by molar-refractivity contribution is -0.172. The van der Waals surface area contributed by atoms with Crippen molar-refractivity contribution in [1.82, 2.24) is 4.90 Å². The largest absolute Gasteiger partial charge is 0.329 e. The smallest absolute Gasteiger partial charge is 0.329 e. The van der Waals surface area contributed by atoms with Gasteiger partial charge in [-0.1, -0.05) is 13.8 Å². The van der Waals surface area contributed by atoms with Gasteiger partial charge < -0.3 is 10.6 Å². The van der Waals surface area contributed by atoms with Gasteiger partial charge in [-0.2, -0.15) is 17.6 Å². The Morgan fingerprint density at radius 3 is 1.94 bits per heavy atom. The molecular weight excluding hydrogens is 276 g/mol. The van der Waals surface area contributed by atoms with E-state index in [1.807, 2.05) is 0 Å². The molecule has 0 radical (unpaired) electrons. The summed E-state index contributed by atoms with van der Waals surface area (Å²) in [7, 11) is 0. The predicted molar refractivity (Wildman–Crippen MR) is 61.2 cm³/mol. The highest BCUT2D eigenvalue weighted by atomic mass is 35.5. The van der Waals surface area contributed by atoms with E-state index in [1.165, 1.54) is 0 Å². The van der Waals surface area contributed by atoms with Gasteiger partial charge in [0.1, 0.15) is 0 Å². The summed E-state index contributed by atoms with van der Waals surface area (Å²) < 4.78 is 51.5. The van der Waals surface area contributed by atoms with Gasteiger partial charge in [0.2, 0.25) is 5.91 Å². The molecule has 1 rings (SSSR count). The zero-order valence-corrected chi connectivity index (χ0v) is 10.9. The van der Waals surface area contributed by atoms with Crippen molar-refractivity contribution in [3.05, 3.63) is 0 Å². The third-order valence-electron chi connectivity index (χ3n) is 2.67. The molecule has 0 saturated carbocycles. The van der Waals surface area contributed by atoms with Crippen LogP contribution in [0.2, 0.25) is 0 Å². The maximum Gasteiger partial charge on any atom is 0.329 e. The van der Waals surface area contributed by atoms with E-state index in [4.69, 9.17) is 5.73 Å². The number of likely N-dealkylation sites (tertiary alicyclic amines) is 1. The molecule has 1 aliphatic rings. The van der Waals surface area contributed by atoms with Crippen LogP contribution in [0.15, 0.2) is 0 Å². The Balaban J connectivity index is 0.00000289. The monoisotopic (exact) mass is 292 g/mol. The molecule has 2 N–H and O–H groups in total. The van der Waals surface area contributed by atoms with Crippen LogP contribution in [0.5, 0.6) is 0 Å². The van der Waals surface area contributed by atoms with Crippen LogP contribution in [-0.2, 0) is 4.79 Å². The second-order valence-electron chi connectivity index (χ2n) is 4.84. The summed E-state index contributed by atoms with van der Waals surface area (Å²) in [4.78, 5) is 12.0. The highest BCUT2D eigenvalue weighted by Gasteiger charge is 2.64. The van der Waals surface area contributed by atoms with Crippen LogP contribution in [0.1, 0.15) is 20.3 Å². The molecule has 1 saturated heterocycles. The molecule has 1 heterocycles. The van der Waals surface area contributed by atoms with Gasteiger partial charge in [-0.25, -0.2) is 0 Å². The first kappa shape index (κ1) is 17.4. The molecule has 0 unspecified atom stereocenters. The third-order valence-corrected chi connectivity index (χ3v) is 2.67. The molecule has 0 aromatic carbocycles. The molecule has 1 atom stereocenters. The highest BCUT2D eigenvalue weighted by Crippen LogP contribution is 2.41. The zero-order valence-electron chi connectivity index (χ0n) is 10.1. The number of carbonyl (C=O) groups is 1. The van der Waals surface area contributed by atoms with Crippen LogP contribution in [0.4, 0.5) is 17.6 Å². The molecule has 3 nitrogen and oxygen atoms in total. The lowest BCUT2D eigenvalue weighted by atomic mass is 10.0. The van der Waals surface area contributed by atoms with Crippen molar-refractivity contribution in [2.24, 2.45) is 11.7 Å². The van der Waals surface area contributed by atoms with Crippen molar-refractivity contribution in [3.63, 3.8) is 0 Å². The Labute approximate surface area is 109 Å². The minimum absolute atomic E-state index is 0. The van der Waals surface area contributed by atoms with E-state index < -0.39 is 36.9 Å². The summed E-state index contributed by atoms with van der Waals surface area (Å²) >= 11 is 0. The van der Waals surface area contributed by atoms with Gasteiger partial charge in [-0.15, -0.1) is 12.4 Å². The van der Waals surface area contributed by atoms with Crippen LogP contribution in [0, 0.1) is 5.92 Å². The van der Waals surface area contributed by atoms with Crippen LogP contribution in [-0.4, -0.2) is 41.8 Å². The number of hydrogen-bond acceptors (Lipinski definition) is 2. The third kappa shape index (κ3) is 3.47. The number of hydrogen-bond donors (Lipinski definition) is 1. The fourth-order valence-corrected chi connectivity index (χ4v) is 1.77. The average Bonchev–Trinajstić information content (AvgIpc) is 2.33. The van der Waals surface area contributed by atoms with Crippen molar-refractivity contribution < 1.29 is 22.4 Å². The van der Waals surface area contributed by atoms with Crippen molar-refractivity contribution >= 4 is 18.3 Å². The Kier molecular flexibility index (Phi) is 5.43. The Morgan fingerprint density at radius 1 is 1.22 bits per heavy atom. The molecule has 0 aliphatic carbocycles.